The van der Waals surface area contributed by atoms with E-state index in [-0.39, 0.29) is 11.9 Å². The van der Waals surface area contributed by atoms with E-state index in [0.29, 0.717) is 16.3 Å². The number of aliphatic hydroxyl groups is 1. The summed E-state index contributed by atoms with van der Waals surface area (Å²) in [4.78, 5) is 12.4. The molecule has 1 aromatic rings. The van der Waals surface area contributed by atoms with Gasteiger partial charge in [-0.25, -0.2) is 0 Å². The van der Waals surface area contributed by atoms with Gasteiger partial charge in [-0.2, -0.15) is 0 Å². The van der Waals surface area contributed by atoms with Crippen LogP contribution in [-0.4, -0.2) is 30.3 Å². The Bertz CT molecular complexity index is 492. The summed E-state index contributed by atoms with van der Waals surface area (Å²) in [6.07, 6.45) is 5.38. The molecule has 1 saturated carbocycles. The van der Waals surface area contributed by atoms with Crippen molar-refractivity contribution in [2.75, 3.05) is 7.11 Å². The number of carbonyl (C=O) groups is 1. The molecule has 1 aliphatic carbocycles. The van der Waals surface area contributed by atoms with E-state index in [4.69, 9.17) is 16.3 Å². The second-order valence-electron chi connectivity index (χ2n) is 5.48. The summed E-state index contributed by atoms with van der Waals surface area (Å²) < 4.78 is 5.20. The van der Waals surface area contributed by atoms with Crippen LogP contribution >= 0.6 is 11.6 Å². The molecule has 0 aromatic heterocycles. The van der Waals surface area contributed by atoms with E-state index in [0.717, 1.165) is 38.5 Å². The summed E-state index contributed by atoms with van der Waals surface area (Å²) in [5, 5.41) is 13.6. The molecule has 1 aliphatic rings. The third-order valence-corrected chi connectivity index (χ3v) is 4.19. The number of nitrogens with one attached hydrogen (secondary N) is 1. The summed E-state index contributed by atoms with van der Waals surface area (Å²) in [6.45, 7) is 0. The number of methoxy groups -OCH3 is 1. The Kier molecular flexibility index (Phi) is 5.88. The van der Waals surface area contributed by atoms with E-state index in [1.54, 1.807) is 18.2 Å². The third kappa shape index (κ3) is 4.35. The lowest BCUT2D eigenvalue weighted by Crippen LogP contribution is -2.43. The Balaban J connectivity index is 2.10. The lowest BCUT2D eigenvalue weighted by Gasteiger charge is -2.26. The number of halogens is 1. The van der Waals surface area contributed by atoms with Gasteiger partial charge in [0, 0.05) is 5.02 Å². The van der Waals surface area contributed by atoms with Crippen molar-refractivity contribution in [2.24, 2.45) is 0 Å². The van der Waals surface area contributed by atoms with E-state index >= 15 is 0 Å². The van der Waals surface area contributed by atoms with Crippen molar-refractivity contribution in [3.05, 3.63) is 28.8 Å². The van der Waals surface area contributed by atoms with Gasteiger partial charge in [-0.05, 0) is 31.0 Å². The average molecular weight is 312 g/mol. The molecule has 2 rings (SSSR count). The Morgan fingerprint density at radius 3 is 2.71 bits per heavy atom. The van der Waals surface area contributed by atoms with Crippen LogP contribution in [0.1, 0.15) is 48.9 Å². The van der Waals surface area contributed by atoms with E-state index in [1.807, 2.05) is 0 Å². The van der Waals surface area contributed by atoms with Crippen molar-refractivity contribution in [1.29, 1.82) is 0 Å². The molecule has 0 spiro atoms. The zero-order chi connectivity index (χ0) is 15.2. The Hall–Kier alpha value is -1.26. The molecule has 1 aromatic carbocycles. The molecular weight excluding hydrogens is 290 g/mol. The van der Waals surface area contributed by atoms with E-state index in [9.17, 15) is 9.90 Å². The van der Waals surface area contributed by atoms with Gasteiger partial charge in [0.05, 0.1) is 24.8 Å². The summed E-state index contributed by atoms with van der Waals surface area (Å²) in [5.41, 5.74) is 0.402. The molecule has 1 fully saturated rings. The fourth-order valence-corrected chi connectivity index (χ4v) is 2.91. The van der Waals surface area contributed by atoms with Crippen molar-refractivity contribution < 1.29 is 14.6 Å². The highest BCUT2D eigenvalue weighted by Gasteiger charge is 2.24. The first-order valence-corrected chi connectivity index (χ1v) is 7.82. The molecule has 5 heteroatoms. The van der Waals surface area contributed by atoms with Crippen LogP contribution in [-0.2, 0) is 0 Å². The lowest BCUT2D eigenvalue weighted by molar-refractivity contribution is 0.0769. The summed E-state index contributed by atoms with van der Waals surface area (Å²) in [6, 6.07) is 4.74. The van der Waals surface area contributed by atoms with E-state index in [2.05, 4.69) is 5.32 Å². The Morgan fingerprint density at radius 1 is 1.29 bits per heavy atom. The molecule has 2 atom stereocenters. The minimum atomic E-state index is -0.487. The normalized spacial score (nSPS) is 23.0. The quantitative estimate of drug-likeness (QED) is 0.901. The van der Waals surface area contributed by atoms with Gasteiger partial charge in [0.1, 0.15) is 5.75 Å². The second kappa shape index (κ2) is 7.66. The number of benzene rings is 1. The fraction of sp³-hybridized carbons (Fsp3) is 0.562. The smallest absolute Gasteiger partial charge is 0.255 e. The number of hydrogen-bond acceptors (Lipinski definition) is 3. The van der Waals surface area contributed by atoms with Crippen molar-refractivity contribution in [2.45, 2.75) is 50.7 Å². The first-order valence-electron chi connectivity index (χ1n) is 7.44. The number of amides is 1. The summed E-state index contributed by atoms with van der Waals surface area (Å²) in [7, 11) is 1.52. The highest BCUT2D eigenvalue weighted by molar-refractivity contribution is 6.31. The van der Waals surface area contributed by atoms with Crippen LogP contribution < -0.4 is 10.1 Å². The van der Waals surface area contributed by atoms with Crippen LogP contribution in [0.25, 0.3) is 0 Å². The molecule has 0 unspecified atom stereocenters. The van der Waals surface area contributed by atoms with Crippen molar-refractivity contribution in [3.63, 3.8) is 0 Å². The Morgan fingerprint density at radius 2 is 2.00 bits per heavy atom. The van der Waals surface area contributed by atoms with Gasteiger partial charge in [0.2, 0.25) is 0 Å². The second-order valence-corrected chi connectivity index (χ2v) is 5.92. The van der Waals surface area contributed by atoms with Crippen molar-refractivity contribution >= 4 is 17.5 Å². The van der Waals surface area contributed by atoms with Crippen LogP contribution in [0.3, 0.4) is 0 Å². The van der Waals surface area contributed by atoms with Crippen molar-refractivity contribution in [3.8, 4) is 5.75 Å². The maximum atomic E-state index is 12.4. The first-order chi connectivity index (χ1) is 10.1. The molecule has 2 N–H and O–H groups in total. The molecule has 21 heavy (non-hydrogen) atoms. The van der Waals surface area contributed by atoms with Gasteiger partial charge >= 0.3 is 0 Å². The zero-order valence-electron chi connectivity index (χ0n) is 12.3. The van der Waals surface area contributed by atoms with Gasteiger partial charge < -0.3 is 15.2 Å². The lowest BCUT2D eigenvalue weighted by atomic mass is 9.94. The Labute approximate surface area is 130 Å². The maximum absolute atomic E-state index is 12.4. The molecule has 4 nitrogen and oxygen atoms in total. The van der Waals surface area contributed by atoms with Gasteiger partial charge in [0.15, 0.2) is 0 Å². The highest BCUT2D eigenvalue weighted by atomic mass is 35.5. The van der Waals surface area contributed by atoms with Crippen LogP contribution in [0.2, 0.25) is 5.02 Å². The van der Waals surface area contributed by atoms with Gasteiger partial charge in [-0.3, -0.25) is 4.79 Å². The predicted molar refractivity (Wildman–Crippen MR) is 83.0 cm³/mol. The molecule has 0 aliphatic heterocycles. The van der Waals surface area contributed by atoms with Crippen molar-refractivity contribution in [1.82, 2.24) is 5.32 Å². The number of hydrogen-bond donors (Lipinski definition) is 2. The molecule has 1 amide bonds. The van der Waals surface area contributed by atoms with Crippen LogP contribution in [0.15, 0.2) is 18.2 Å². The molecule has 0 bridgehead atoms. The topological polar surface area (TPSA) is 58.6 Å². The molecule has 0 saturated heterocycles. The van der Waals surface area contributed by atoms with Crippen LogP contribution in [0.5, 0.6) is 5.75 Å². The molecule has 0 radical (unpaired) electrons. The third-order valence-electron chi connectivity index (χ3n) is 3.95. The fourth-order valence-electron chi connectivity index (χ4n) is 2.74. The zero-order valence-corrected chi connectivity index (χ0v) is 13.0. The van der Waals surface area contributed by atoms with Crippen LogP contribution in [0.4, 0.5) is 0 Å². The number of aliphatic hydroxyl groups excluding tert-OH is 1. The monoisotopic (exact) mass is 311 g/mol. The van der Waals surface area contributed by atoms with E-state index < -0.39 is 6.10 Å². The SMILES string of the molecule is COc1ccc(Cl)cc1C(=O)N[C@H]1CCCCCC[C@@H]1O. The number of carbonyl (C=O) groups excluding carboxylic acids is 1. The van der Waals surface area contributed by atoms with E-state index in [1.165, 1.54) is 7.11 Å². The summed E-state index contributed by atoms with van der Waals surface area (Å²) >= 11 is 5.95. The molecule has 116 valence electrons. The number of ether oxygens (including phenoxy) is 1. The molecular formula is C16H22ClNO3. The van der Waals surface area contributed by atoms with Gasteiger partial charge in [-0.1, -0.05) is 37.3 Å². The molecule has 0 heterocycles. The van der Waals surface area contributed by atoms with Gasteiger partial charge in [0.25, 0.3) is 5.91 Å². The predicted octanol–water partition coefficient (Wildman–Crippen LogP) is 3.16. The van der Waals surface area contributed by atoms with Gasteiger partial charge in [-0.15, -0.1) is 0 Å². The summed E-state index contributed by atoms with van der Waals surface area (Å²) in [5.74, 6) is 0.233. The number of rotatable bonds is 3. The standard InChI is InChI=1S/C16H22ClNO3/c1-21-15-9-8-11(17)10-12(15)16(20)18-13-6-4-2-3-5-7-14(13)19/h8-10,13-14,19H,2-7H2,1H3,(H,18,20)/t13-,14-/m0/s1. The first kappa shape index (κ1) is 16.1. The minimum absolute atomic E-state index is 0.207. The highest BCUT2D eigenvalue weighted by Crippen LogP contribution is 2.24. The average Bonchev–Trinajstić information content (AvgIpc) is 2.46. The maximum Gasteiger partial charge on any atom is 0.255 e. The largest absolute Gasteiger partial charge is 0.496 e. The minimum Gasteiger partial charge on any atom is -0.496 e. The van der Waals surface area contributed by atoms with Crippen LogP contribution in [0, 0.1) is 0 Å².